The molecule has 0 aliphatic carbocycles. The van der Waals surface area contributed by atoms with Crippen molar-refractivity contribution >= 4 is 13.8 Å². The van der Waals surface area contributed by atoms with E-state index in [1.165, 1.54) is 154 Å². The maximum atomic E-state index is 12.7. The number of nitrogens with zero attached hydrogens (tertiary/aromatic N) is 1. The summed E-state index contributed by atoms with van der Waals surface area (Å²) in [7, 11) is 1.32. The molecule has 8 nitrogen and oxygen atoms in total. The van der Waals surface area contributed by atoms with Crippen molar-refractivity contribution in [3.63, 3.8) is 0 Å². The van der Waals surface area contributed by atoms with E-state index in [0.29, 0.717) is 17.4 Å². The number of phosphoric ester groups is 1. The van der Waals surface area contributed by atoms with Crippen LogP contribution in [0.3, 0.4) is 0 Å². The predicted molar refractivity (Wildman–Crippen MR) is 231 cm³/mol. The fourth-order valence-corrected chi connectivity index (χ4v) is 7.18. The number of rotatable bonds is 43. The van der Waals surface area contributed by atoms with Crippen molar-refractivity contribution in [3.8, 4) is 0 Å². The Morgan fingerprint density at radius 1 is 0.564 bits per heavy atom. The van der Waals surface area contributed by atoms with Crippen LogP contribution in [-0.2, 0) is 27.9 Å². The third-order valence-corrected chi connectivity index (χ3v) is 11.0. The van der Waals surface area contributed by atoms with Crippen LogP contribution >= 0.6 is 7.82 Å². The van der Waals surface area contributed by atoms with Crippen LogP contribution in [0.1, 0.15) is 213 Å². The van der Waals surface area contributed by atoms with E-state index in [2.05, 4.69) is 26.0 Å². The second-order valence-electron chi connectivity index (χ2n) is 16.8. The molecule has 0 aromatic carbocycles. The van der Waals surface area contributed by atoms with Crippen molar-refractivity contribution in [1.82, 2.24) is 0 Å². The maximum absolute atomic E-state index is 12.7. The van der Waals surface area contributed by atoms with Crippen LogP contribution in [0.5, 0.6) is 0 Å². The Morgan fingerprint density at radius 2 is 0.964 bits per heavy atom. The van der Waals surface area contributed by atoms with Gasteiger partial charge >= 0.3 is 5.97 Å². The highest BCUT2D eigenvalue weighted by Crippen LogP contribution is 2.38. The first-order chi connectivity index (χ1) is 26.6. The topological polar surface area (TPSA) is 94.1 Å². The number of quaternary nitrogens is 1. The standard InChI is InChI=1S/C46H90NO7P/c1-6-8-10-12-14-16-18-20-22-23-24-26-28-30-32-34-36-38-41-51-43-45(44-53-55(49,50)52-42-40-47(3,4)5)54-46(48)39-37-35-33-31-29-27-25-21-19-17-15-13-11-9-7-2/h29,31,38,41,45H,6-28,30,32-37,39-40,42-44H2,1-5H3/b31-29+,41-38+/t45-/m1/s1. The van der Waals surface area contributed by atoms with Crippen LogP contribution < -0.4 is 4.89 Å². The molecule has 0 aliphatic rings. The smallest absolute Gasteiger partial charge is 0.306 e. The molecule has 0 N–H and O–H groups in total. The molecule has 55 heavy (non-hydrogen) atoms. The van der Waals surface area contributed by atoms with Crippen molar-refractivity contribution in [2.75, 3.05) is 47.5 Å². The molecule has 0 aromatic heterocycles. The molecule has 0 radical (unpaired) electrons. The van der Waals surface area contributed by atoms with Gasteiger partial charge in [-0.1, -0.05) is 174 Å². The fourth-order valence-electron chi connectivity index (χ4n) is 6.45. The number of hydrogen-bond acceptors (Lipinski definition) is 7. The van der Waals surface area contributed by atoms with Gasteiger partial charge in [0, 0.05) is 6.42 Å². The van der Waals surface area contributed by atoms with Crippen LogP contribution in [0.15, 0.2) is 24.5 Å². The molecule has 0 fully saturated rings. The molecule has 0 spiro atoms. The van der Waals surface area contributed by atoms with Gasteiger partial charge in [0.25, 0.3) is 7.82 Å². The molecule has 0 heterocycles. The van der Waals surface area contributed by atoms with E-state index in [9.17, 15) is 14.3 Å². The first-order valence-corrected chi connectivity index (χ1v) is 24.6. The number of unbranched alkanes of at least 4 members (excludes halogenated alkanes) is 27. The molecular weight excluding hydrogens is 709 g/mol. The summed E-state index contributed by atoms with van der Waals surface area (Å²) in [5.41, 5.74) is 0. The number of allylic oxidation sites excluding steroid dienone is 3. The van der Waals surface area contributed by atoms with Gasteiger partial charge in [-0.2, -0.15) is 0 Å². The van der Waals surface area contributed by atoms with E-state index in [1.807, 2.05) is 27.2 Å². The Bertz CT molecular complexity index is 936. The van der Waals surface area contributed by atoms with E-state index < -0.39 is 13.9 Å². The van der Waals surface area contributed by atoms with Crippen molar-refractivity contribution in [3.05, 3.63) is 24.5 Å². The van der Waals surface area contributed by atoms with Crippen molar-refractivity contribution in [1.29, 1.82) is 0 Å². The number of hydrogen-bond donors (Lipinski definition) is 0. The lowest BCUT2D eigenvalue weighted by Crippen LogP contribution is -2.37. The molecule has 0 aromatic rings. The predicted octanol–water partition coefficient (Wildman–Crippen LogP) is 13.3. The fraction of sp³-hybridized carbons (Fsp3) is 0.891. The minimum Gasteiger partial charge on any atom is -0.756 e. The summed E-state index contributed by atoms with van der Waals surface area (Å²) < 4.78 is 34.3. The Labute approximate surface area is 341 Å². The third-order valence-electron chi connectivity index (χ3n) is 10.1. The molecule has 0 amide bonds. The van der Waals surface area contributed by atoms with Gasteiger partial charge in [-0.15, -0.1) is 0 Å². The van der Waals surface area contributed by atoms with Crippen LogP contribution in [-0.4, -0.2) is 64.1 Å². The largest absolute Gasteiger partial charge is 0.756 e. The zero-order chi connectivity index (χ0) is 40.6. The lowest BCUT2D eigenvalue weighted by Gasteiger charge is -2.28. The van der Waals surface area contributed by atoms with Crippen LogP contribution in [0.2, 0.25) is 0 Å². The van der Waals surface area contributed by atoms with Crippen molar-refractivity contribution < 1.29 is 37.3 Å². The molecular formula is C46H90NO7P. The summed E-state index contributed by atoms with van der Waals surface area (Å²) in [4.78, 5) is 25.0. The molecule has 0 aliphatic heterocycles. The molecule has 0 rings (SSSR count). The number of ether oxygens (including phenoxy) is 2. The van der Waals surface area contributed by atoms with Gasteiger partial charge < -0.3 is 27.9 Å². The van der Waals surface area contributed by atoms with E-state index in [4.69, 9.17) is 18.5 Å². The molecule has 9 heteroatoms. The first-order valence-electron chi connectivity index (χ1n) is 23.1. The van der Waals surface area contributed by atoms with Crippen LogP contribution in [0.4, 0.5) is 0 Å². The molecule has 1 unspecified atom stereocenters. The Kier molecular flexibility index (Phi) is 38.8. The minimum absolute atomic E-state index is 0.0148. The summed E-state index contributed by atoms with van der Waals surface area (Å²) in [5, 5.41) is 0. The lowest BCUT2D eigenvalue weighted by atomic mass is 10.0. The lowest BCUT2D eigenvalue weighted by molar-refractivity contribution is -0.870. The average molecular weight is 800 g/mol. The van der Waals surface area contributed by atoms with Gasteiger partial charge in [-0.25, -0.2) is 0 Å². The summed E-state index contributed by atoms with van der Waals surface area (Å²) >= 11 is 0. The zero-order valence-electron chi connectivity index (χ0n) is 36.9. The maximum Gasteiger partial charge on any atom is 0.306 e. The second kappa shape index (κ2) is 39.6. The van der Waals surface area contributed by atoms with E-state index in [-0.39, 0.29) is 32.2 Å². The monoisotopic (exact) mass is 800 g/mol. The Hall–Kier alpha value is -1.18. The number of likely N-dealkylation sites (N-methyl/N-ethyl adjacent to an activating group) is 1. The van der Waals surface area contributed by atoms with Crippen molar-refractivity contribution in [2.24, 2.45) is 0 Å². The number of carbonyl (C=O) groups excluding carboxylic acids is 1. The Morgan fingerprint density at radius 3 is 1.40 bits per heavy atom. The van der Waals surface area contributed by atoms with E-state index in [0.717, 1.165) is 32.1 Å². The number of esters is 1. The van der Waals surface area contributed by atoms with Gasteiger partial charge in [-0.05, 0) is 51.0 Å². The third kappa shape index (κ3) is 43.8. The van der Waals surface area contributed by atoms with Gasteiger partial charge in [0.15, 0.2) is 6.10 Å². The quantitative estimate of drug-likeness (QED) is 0.0151. The van der Waals surface area contributed by atoms with Gasteiger partial charge in [0.1, 0.15) is 19.8 Å². The first kappa shape index (κ1) is 53.8. The van der Waals surface area contributed by atoms with Gasteiger partial charge in [0.05, 0.1) is 34.0 Å². The van der Waals surface area contributed by atoms with E-state index in [1.54, 1.807) is 6.26 Å². The molecule has 0 bridgehead atoms. The van der Waals surface area contributed by atoms with Gasteiger partial charge in [0.2, 0.25) is 0 Å². The molecule has 2 atom stereocenters. The molecule has 0 saturated carbocycles. The van der Waals surface area contributed by atoms with Crippen LogP contribution in [0.25, 0.3) is 0 Å². The second-order valence-corrected chi connectivity index (χ2v) is 18.2. The van der Waals surface area contributed by atoms with Crippen molar-refractivity contribution in [2.45, 2.75) is 219 Å². The summed E-state index contributed by atoms with van der Waals surface area (Å²) in [6.45, 7) is 4.74. The summed E-state index contributed by atoms with van der Waals surface area (Å²) in [6, 6.07) is 0. The molecule has 0 saturated heterocycles. The number of phosphoric acid groups is 1. The van der Waals surface area contributed by atoms with Gasteiger partial charge in [-0.3, -0.25) is 9.36 Å². The number of carbonyl (C=O) groups is 1. The highest BCUT2D eigenvalue weighted by Gasteiger charge is 2.20. The SMILES string of the molecule is CCCCCCCCCCC/C=C/CCCCC(=O)O[C@H](CO/C=C/CCCCCCCCCCCCCCCCCC)COP(=O)([O-])OCC[N+](C)(C)C. The van der Waals surface area contributed by atoms with E-state index >= 15 is 0 Å². The highest BCUT2D eigenvalue weighted by molar-refractivity contribution is 7.45. The minimum atomic E-state index is -4.54. The molecule has 326 valence electrons. The van der Waals surface area contributed by atoms with Crippen LogP contribution in [0, 0.1) is 0 Å². The Balaban J connectivity index is 4.26. The highest BCUT2D eigenvalue weighted by atomic mass is 31.2. The normalized spacial score (nSPS) is 13.9. The summed E-state index contributed by atoms with van der Waals surface area (Å²) in [5.74, 6) is -0.375. The average Bonchev–Trinajstić information content (AvgIpc) is 3.13. The zero-order valence-corrected chi connectivity index (χ0v) is 37.8. The summed E-state index contributed by atoms with van der Waals surface area (Å²) in [6.07, 6.45) is 45.8.